The number of hydrogen-bond acceptors (Lipinski definition) is 5. The number of aromatic nitrogens is 2. The van der Waals surface area contributed by atoms with E-state index in [9.17, 15) is 0 Å². The molecular weight excluding hydrogens is 254 g/mol. The van der Waals surface area contributed by atoms with E-state index in [4.69, 9.17) is 9.26 Å². The molecule has 20 heavy (non-hydrogen) atoms. The van der Waals surface area contributed by atoms with Crippen molar-refractivity contribution in [2.75, 3.05) is 19.8 Å². The van der Waals surface area contributed by atoms with Crippen LogP contribution in [0.25, 0.3) is 0 Å². The first-order valence-electron chi connectivity index (χ1n) is 6.92. The zero-order valence-corrected chi connectivity index (χ0v) is 11.8. The summed E-state index contributed by atoms with van der Waals surface area (Å²) in [5, 5.41) is 7.38. The van der Waals surface area contributed by atoms with Gasteiger partial charge in [-0.2, -0.15) is 4.98 Å². The SMILES string of the molecule is Cc1ccc(C)c(Cc2nc(C3COCCN3)no2)c1. The summed E-state index contributed by atoms with van der Waals surface area (Å²) in [5.41, 5.74) is 3.72. The Morgan fingerprint density at radius 1 is 1.35 bits per heavy atom. The number of nitrogens with zero attached hydrogens (tertiary/aromatic N) is 2. The second kappa shape index (κ2) is 5.73. The highest BCUT2D eigenvalue weighted by molar-refractivity contribution is 5.32. The predicted octanol–water partition coefficient (Wildman–Crippen LogP) is 1.94. The quantitative estimate of drug-likeness (QED) is 0.926. The Balaban J connectivity index is 1.75. The van der Waals surface area contributed by atoms with Crippen LogP contribution in [0, 0.1) is 13.8 Å². The fraction of sp³-hybridized carbons (Fsp3) is 0.467. The van der Waals surface area contributed by atoms with Gasteiger partial charge in [0.25, 0.3) is 0 Å². The van der Waals surface area contributed by atoms with Crippen LogP contribution in [0.5, 0.6) is 0 Å². The van der Waals surface area contributed by atoms with Gasteiger partial charge in [-0.1, -0.05) is 28.9 Å². The topological polar surface area (TPSA) is 60.2 Å². The van der Waals surface area contributed by atoms with Crippen molar-refractivity contribution in [1.29, 1.82) is 0 Å². The first kappa shape index (κ1) is 13.3. The highest BCUT2D eigenvalue weighted by Crippen LogP contribution is 2.17. The van der Waals surface area contributed by atoms with E-state index in [1.807, 2.05) is 0 Å². The number of benzene rings is 1. The van der Waals surface area contributed by atoms with Crippen LogP contribution in [0.15, 0.2) is 22.7 Å². The average Bonchev–Trinajstić information content (AvgIpc) is 2.92. The molecule has 1 atom stereocenters. The lowest BCUT2D eigenvalue weighted by Gasteiger charge is -2.20. The van der Waals surface area contributed by atoms with Gasteiger partial charge in [0, 0.05) is 6.54 Å². The lowest BCUT2D eigenvalue weighted by Crippen LogP contribution is -2.35. The number of morpholine rings is 1. The van der Waals surface area contributed by atoms with Gasteiger partial charge in [0.05, 0.1) is 25.7 Å². The molecule has 2 aromatic rings. The molecular formula is C15H19N3O2. The number of nitrogens with one attached hydrogen (secondary N) is 1. The average molecular weight is 273 g/mol. The van der Waals surface area contributed by atoms with Crippen LogP contribution in [0.4, 0.5) is 0 Å². The van der Waals surface area contributed by atoms with Gasteiger partial charge >= 0.3 is 0 Å². The van der Waals surface area contributed by atoms with Gasteiger partial charge in [-0.25, -0.2) is 0 Å². The molecule has 0 amide bonds. The number of ether oxygens (including phenoxy) is 1. The highest BCUT2D eigenvalue weighted by Gasteiger charge is 2.21. The molecule has 0 radical (unpaired) electrons. The fourth-order valence-electron chi connectivity index (χ4n) is 2.37. The zero-order chi connectivity index (χ0) is 13.9. The van der Waals surface area contributed by atoms with E-state index >= 15 is 0 Å². The summed E-state index contributed by atoms with van der Waals surface area (Å²) in [4.78, 5) is 4.48. The summed E-state index contributed by atoms with van der Waals surface area (Å²) in [6.45, 7) is 6.35. The Bertz CT molecular complexity index is 589. The summed E-state index contributed by atoms with van der Waals surface area (Å²) in [7, 11) is 0. The number of rotatable bonds is 3. The van der Waals surface area contributed by atoms with Crippen molar-refractivity contribution in [3.05, 3.63) is 46.6 Å². The van der Waals surface area contributed by atoms with Gasteiger partial charge < -0.3 is 14.6 Å². The standard InChI is InChI=1S/C15H19N3O2/c1-10-3-4-11(2)12(7-10)8-14-17-15(18-20-14)13-9-19-6-5-16-13/h3-4,7,13,16H,5-6,8-9H2,1-2H3. The highest BCUT2D eigenvalue weighted by atomic mass is 16.5. The molecule has 5 heteroatoms. The van der Waals surface area contributed by atoms with Gasteiger partial charge in [0.2, 0.25) is 5.89 Å². The van der Waals surface area contributed by atoms with E-state index in [2.05, 4.69) is 47.5 Å². The van der Waals surface area contributed by atoms with Crippen molar-refractivity contribution in [2.45, 2.75) is 26.3 Å². The second-order valence-corrected chi connectivity index (χ2v) is 5.23. The molecule has 0 bridgehead atoms. The van der Waals surface area contributed by atoms with E-state index < -0.39 is 0 Å². The number of aryl methyl sites for hydroxylation is 2. The fourth-order valence-corrected chi connectivity index (χ4v) is 2.37. The Labute approximate surface area is 118 Å². The smallest absolute Gasteiger partial charge is 0.231 e. The minimum atomic E-state index is 0.0415. The van der Waals surface area contributed by atoms with Crippen LogP contribution >= 0.6 is 0 Å². The van der Waals surface area contributed by atoms with Crippen LogP contribution in [0.3, 0.4) is 0 Å². The predicted molar refractivity (Wildman–Crippen MR) is 74.6 cm³/mol. The first-order chi connectivity index (χ1) is 9.72. The van der Waals surface area contributed by atoms with E-state index in [-0.39, 0.29) is 6.04 Å². The largest absolute Gasteiger partial charge is 0.378 e. The maximum Gasteiger partial charge on any atom is 0.231 e. The van der Waals surface area contributed by atoms with Gasteiger partial charge in [-0.3, -0.25) is 0 Å². The van der Waals surface area contributed by atoms with E-state index in [1.54, 1.807) is 0 Å². The molecule has 3 rings (SSSR count). The van der Waals surface area contributed by atoms with Gasteiger partial charge in [-0.05, 0) is 25.0 Å². The molecule has 5 nitrogen and oxygen atoms in total. The molecule has 0 aliphatic carbocycles. The van der Waals surface area contributed by atoms with Crippen LogP contribution in [0.1, 0.15) is 34.4 Å². The third-order valence-electron chi connectivity index (χ3n) is 3.56. The summed E-state index contributed by atoms with van der Waals surface area (Å²) < 4.78 is 10.8. The molecule has 1 aliphatic heterocycles. The van der Waals surface area contributed by atoms with Crippen molar-refractivity contribution >= 4 is 0 Å². The molecule has 1 aromatic carbocycles. The van der Waals surface area contributed by atoms with Crippen molar-refractivity contribution in [3.63, 3.8) is 0 Å². The lowest BCUT2D eigenvalue weighted by molar-refractivity contribution is 0.0734. The molecule has 1 saturated heterocycles. The minimum Gasteiger partial charge on any atom is -0.378 e. The van der Waals surface area contributed by atoms with Gasteiger partial charge in [0.1, 0.15) is 0 Å². The second-order valence-electron chi connectivity index (χ2n) is 5.23. The Morgan fingerprint density at radius 3 is 3.05 bits per heavy atom. The molecule has 2 heterocycles. The molecule has 1 aromatic heterocycles. The first-order valence-corrected chi connectivity index (χ1v) is 6.92. The van der Waals surface area contributed by atoms with Crippen LogP contribution in [-0.2, 0) is 11.2 Å². The van der Waals surface area contributed by atoms with Crippen molar-refractivity contribution < 1.29 is 9.26 Å². The molecule has 0 spiro atoms. The summed E-state index contributed by atoms with van der Waals surface area (Å²) >= 11 is 0. The molecule has 106 valence electrons. The van der Waals surface area contributed by atoms with Crippen molar-refractivity contribution in [3.8, 4) is 0 Å². The summed E-state index contributed by atoms with van der Waals surface area (Å²) in [5.74, 6) is 1.34. The normalized spacial score (nSPS) is 19.2. The monoisotopic (exact) mass is 273 g/mol. The van der Waals surface area contributed by atoms with E-state index in [1.165, 1.54) is 16.7 Å². The van der Waals surface area contributed by atoms with E-state index in [0.29, 0.717) is 24.7 Å². The maximum atomic E-state index is 5.41. The molecule has 1 N–H and O–H groups in total. The van der Waals surface area contributed by atoms with Crippen LogP contribution in [-0.4, -0.2) is 29.9 Å². The van der Waals surface area contributed by atoms with Crippen LogP contribution in [0.2, 0.25) is 0 Å². The Morgan fingerprint density at radius 2 is 2.25 bits per heavy atom. The Kier molecular flexibility index (Phi) is 3.80. The Hall–Kier alpha value is -1.72. The third-order valence-corrected chi connectivity index (χ3v) is 3.56. The summed E-state index contributed by atoms with van der Waals surface area (Å²) in [6.07, 6.45) is 0.675. The molecule has 0 saturated carbocycles. The van der Waals surface area contributed by atoms with Gasteiger partial charge in [0.15, 0.2) is 5.82 Å². The molecule has 1 fully saturated rings. The number of hydrogen-bond donors (Lipinski definition) is 1. The third kappa shape index (κ3) is 2.89. The van der Waals surface area contributed by atoms with Crippen LogP contribution < -0.4 is 5.32 Å². The van der Waals surface area contributed by atoms with Crippen molar-refractivity contribution in [2.24, 2.45) is 0 Å². The van der Waals surface area contributed by atoms with Gasteiger partial charge in [-0.15, -0.1) is 0 Å². The molecule has 1 aliphatic rings. The minimum absolute atomic E-state index is 0.0415. The zero-order valence-electron chi connectivity index (χ0n) is 11.8. The summed E-state index contributed by atoms with van der Waals surface area (Å²) in [6, 6.07) is 6.45. The lowest BCUT2D eigenvalue weighted by atomic mass is 10.0. The van der Waals surface area contributed by atoms with E-state index in [0.717, 1.165) is 13.2 Å². The van der Waals surface area contributed by atoms with Crippen molar-refractivity contribution in [1.82, 2.24) is 15.5 Å². The molecule has 1 unspecified atom stereocenters. The maximum absolute atomic E-state index is 5.41.